The van der Waals surface area contributed by atoms with E-state index in [2.05, 4.69) is 25.7 Å². The van der Waals surface area contributed by atoms with Crippen LogP contribution in [0.1, 0.15) is 36.0 Å². The molecule has 0 radical (unpaired) electrons. The van der Waals surface area contributed by atoms with Gasteiger partial charge in [-0.15, -0.1) is 0 Å². The first-order valence-electron chi connectivity index (χ1n) is 9.85. The molecule has 9 heteroatoms. The number of nitrogens with two attached hydrogens (primary N) is 2. The van der Waals surface area contributed by atoms with Crippen LogP contribution in [0.5, 0.6) is 0 Å². The molecule has 6 N–H and O–H groups in total. The lowest BCUT2D eigenvalue weighted by molar-refractivity contribution is 0.100. The van der Waals surface area contributed by atoms with Crippen molar-refractivity contribution in [1.29, 1.82) is 0 Å². The normalized spacial score (nSPS) is 18.4. The standard InChI is InChI=1S/C20H24N8O/c1-28-15-4-2-3-14(12(15)10-24-28)25-18-13(17(21)29)9-23-19(27-18)26-16(11-5-6-11)20(22)7-8-20/h2-4,9-11,16H,5-8,22H2,1H3,(H2,21,29)(H2,23,25,26,27)/t16-/m1/s1. The van der Waals surface area contributed by atoms with E-state index in [-0.39, 0.29) is 17.1 Å². The van der Waals surface area contributed by atoms with Gasteiger partial charge in [0, 0.05) is 30.2 Å². The van der Waals surface area contributed by atoms with Crippen LogP contribution in [0.4, 0.5) is 17.5 Å². The Morgan fingerprint density at radius 3 is 2.79 bits per heavy atom. The summed E-state index contributed by atoms with van der Waals surface area (Å²) in [5.41, 5.74) is 13.8. The number of carbonyl (C=O) groups is 1. The van der Waals surface area contributed by atoms with E-state index in [0.29, 0.717) is 17.7 Å². The van der Waals surface area contributed by atoms with Crippen LogP contribution in [0, 0.1) is 5.92 Å². The molecule has 150 valence electrons. The molecular formula is C20H24N8O. The summed E-state index contributed by atoms with van der Waals surface area (Å²) in [5.74, 6) is 0.781. The molecule has 2 fully saturated rings. The predicted molar refractivity (Wildman–Crippen MR) is 111 cm³/mol. The molecule has 2 aliphatic carbocycles. The van der Waals surface area contributed by atoms with E-state index in [1.165, 1.54) is 19.0 Å². The van der Waals surface area contributed by atoms with E-state index in [0.717, 1.165) is 29.4 Å². The Morgan fingerprint density at radius 2 is 2.10 bits per heavy atom. The van der Waals surface area contributed by atoms with Crippen molar-refractivity contribution in [3.63, 3.8) is 0 Å². The lowest BCUT2D eigenvalue weighted by Gasteiger charge is -2.25. The lowest BCUT2D eigenvalue weighted by atomic mass is 10.0. The number of amides is 1. The van der Waals surface area contributed by atoms with Crippen molar-refractivity contribution in [2.24, 2.45) is 24.4 Å². The molecular weight excluding hydrogens is 368 g/mol. The lowest BCUT2D eigenvalue weighted by Crippen LogP contribution is -2.44. The summed E-state index contributed by atoms with van der Waals surface area (Å²) in [6.45, 7) is 0. The van der Waals surface area contributed by atoms with Crippen molar-refractivity contribution in [2.45, 2.75) is 37.3 Å². The topological polar surface area (TPSA) is 137 Å². The molecule has 0 aliphatic heterocycles. The number of aryl methyl sites for hydroxylation is 1. The third-order valence-corrected chi connectivity index (χ3v) is 5.92. The average Bonchev–Trinajstić information content (AvgIpc) is 3.62. The highest BCUT2D eigenvalue weighted by Crippen LogP contribution is 2.47. The van der Waals surface area contributed by atoms with Gasteiger partial charge >= 0.3 is 0 Å². The Balaban J connectivity index is 1.49. The number of primary amides is 1. The summed E-state index contributed by atoms with van der Waals surface area (Å²) < 4.78 is 1.79. The van der Waals surface area contributed by atoms with Gasteiger partial charge in [0.2, 0.25) is 5.95 Å². The molecule has 2 saturated carbocycles. The fraction of sp³-hybridized carbons (Fsp3) is 0.400. The SMILES string of the molecule is Cn1ncc2c(Nc3nc(N[C@H](C4CC4)C4(N)CC4)ncc3C(N)=O)cccc21. The maximum absolute atomic E-state index is 11.9. The van der Waals surface area contributed by atoms with Gasteiger partial charge in [0.15, 0.2) is 0 Å². The molecule has 2 aliphatic rings. The van der Waals surface area contributed by atoms with Crippen LogP contribution in [-0.2, 0) is 7.05 Å². The Morgan fingerprint density at radius 1 is 1.31 bits per heavy atom. The summed E-state index contributed by atoms with van der Waals surface area (Å²) in [6, 6.07) is 5.96. The van der Waals surface area contributed by atoms with Crippen molar-refractivity contribution in [3.05, 3.63) is 36.2 Å². The third kappa shape index (κ3) is 3.27. The third-order valence-electron chi connectivity index (χ3n) is 5.92. The predicted octanol–water partition coefficient (Wildman–Crippen LogP) is 1.89. The molecule has 2 heterocycles. The number of anilines is 3. The van der Waals surface area contributed by atoms with Gasteiger partial charge in [0.1, 0.15) is 11.4 Å². The van der Waals surface area contributed by atoms with E-state index in [1.807, 2.05) is 25.2 Å². The van der Waals surface area contributed by atoms with Crippen LogP contribution >= 0.6 is 0 Å². The second kappa shape index (κ2) is 6.41. The van der Waals surface area contributed by atoms with Crippen molar-refractivity contribution in [3.8, 4) is 0 Å². The van der Waals surface area contributed by atoms with Crippen molar-refractivity contribution >= 4 is 34.3 Å². The number of hydrogen-bond donors (Lipinski definition) is 4. The molecule has 0 unspecified atom stereocenters. The highest BCUT2D eigenvalue weighted by molar-refractivity contribution is 6.00. The zero-order chi connectivity index (χ0) is 20.2. The van der Waals surface area contributed by atoms with E-state index in [1.54, 1.807) is 10.9 Å². The number of fused-ring (bicyclic) bond motifs is 1. The van der Waals surface area contributed by atoms with Gasteiger partial charge in [-0.3, -0.25) is 9.48 Å². The van der Waals surface area contributed by atoms with E-state index in [9.17, 15) is 4.79 Å². The first-order chi connectivity index (χ1) is 13.9. The first kappa shape index (κ1) is 17.9. The molecule has 29 heavy (non-hydrogen) atoms. The fourth-order valence-electron chi connectivity index (χ4n) is 3.90. The first-order valence-corrected chi connectivity index (χ1v) is 9.85. The number of hydrogen-bond acceptors (Lipinski definition) is 7. The van der Waals surface area contributed by atoms with Gasteiger partial charge in [0.25, 0.3) is 5.91 Å². The summed E-state index contributed by atoms with van der Waals surface area (Å²) in [5, 5.41) is 11.9. The fourth-order valence-corrected chi connectivity index (χ4v) is 3.90. The van der Waals surface area contributed by atoms with Gasteiger partial charge in [-0.2, -0.15) is 10.1 Å². The summed E-state index contributed by atoms with van der Waals surface area (Å²) in [4.78, 5) is 20.8. The monoisotopic (exact) mass is 392 g/mol. The second-order valence-electron chi connectivity index (χ2n) is 8.14. The van der Waals surface area contributed by atoms with Crippen LogP contribution in [-0.4, -0.2) is 37.2 Å². The zero-order valence-electron chi connectivity index (χ0n) is 16.2. The van der Waals surface area contributed by atoms with Crippen LogP contribution in [0.15, 0.2) is 30.6 Å². The Bertz CT molecular complexity index is 1100. The molecule has 1 aromatic carbocycles. The summed E-state index contributed by atoms with van der Waals surface area (Å²) in [6.07, 6.45) is 7.59. The van der Waals surface area contributed by atoms with Gasteiger partial charge in [-0.25, -0.2) is 4.98 Å². The smallest absolute Gasteiger partial charge is 0.254 e. The van der Waals surface area contributed by atoms with Crippen LogP contribution in [0.3, 0.4) is 0 Å². The molecule has 5 rings (SSSR count). The highest BCUT2D eigenvalue weighted by Gasteiger charge is 2.52. The minimum atomic E-state index is -0.589. The minimum Gasteiger partial charge on any atom is -0.365 e. The van der Waals surface area contributed by atoms with Gasteiger partial charge in [-0.1, -0.05) is 6.07 Å². The maximum Gasteiger partial charge on any atom is 0.254 e. The number of benzene rings is 1. The zero-order valence-corrected chi connectivity index (χ0v) is 16.2. The quantitative estimate of drug-likeness (QED) is 0.482. The molecule has 9 nitrogen and oxygen atoms in total. The Kier molecular flexibility index (Phi) is 3.95. The largest absolute Gasteiger partial charge is 0.365 e. The molecule has 1 atom stereocenters. The molecule has 3 aromatic rings. The van der Waals surface area contributed by atoms with Gasteiger partial charge in [-0.05, 0) is 43.7 Å². The summed E-state index contributed by atoms with van der Waals surface area (Å²) >= 11 is 0. The van der Waals surface area contributed by atoms with Crippen LogP contribution in [0.2, 0.25) is 0 Å². The highest BCUT2D eigenvalue weighted by atomic mass is 16.1. The Hall–Kier alpha value is -3.20. The Labute approximate surface area is 167 Å². The molecule has 0 spiro atoms. The van der Waals surface area contributed by atoms with Crippen molar-refractivity contribution in [2.75, 3.05) is 10.6 Å². The number of rotatable bonds is 7. The molecule has 2 aromatic heterocycles. The number of aromatic nitrogens is 4. The summed E-state index contributed by atoms with van der Waals surface area (Å²) in [7, 11) is 1.88. The van der Waals surface area contributed by atoms with Gasteiger partial charge < -0.3 is 22.1 Å². The van der Waals surface area contributed by atoms with Crippen molar-refractivity contribution in [1.82, 2.24) is 19.7 Å². The number of nitrogens with zero attached hydrogens (tertiary/aromatic N) is 4. The minimum absolute atomic E-state index is 0.150. The number of carbonyl (C=O) groups excluding carboxylic acids is 1. The second-order valence-corrected chi connectivity index (χ2v) is 8.14. The maximum atomic E-state index is 11.9. The van der Waals surface area contributed by atoms with E-state index in [4.69, 9.17) is 11.5 Å². The molecule has 0 saturated heterocycles. The van der Waals surface area contributed by atoms with E-state index >= 15 is 0 Å². The van der Waals surface area contributed by atoms with E-state index < -0.39 is 5.91 Å². The van der Waals surface area contributed by atoms with Gasteiger partial charge in [0.05, 0.1) is 17.4 Å². The molecule has 1 amide bonds. The molecule has 0 bridgehead atoms. The van der Waals surface area contributed by atoms with Crippen molar-refractivity contribution < 1.29 is 4.79 Å². The number of nitrogens with one attached hydrogen (secondary N) is 2. The average molecular weight is 392 g/mol. The van der Waals surface area contributed by atoms with Crippen LogP contribution < -0.4 is 22.1 Å². The van der Waals surface area contributed by atoms with Crippen LogP contribution in [0.25, 0.3) is 10.9 Å².